The van der Waals surface area contributed by atoms with Crippen LogP contribution in [0.2, 0.25) is 0 Å². The SMILES string of the molecule is CC1(C)c2cc(C=Cc3ccc4cc(-c5ccc6c(c5)c5ccccc5n6-c5ccc6c(c5)C(C)(C)c5ccccc5-6)ccc4c3)ccc2-c2ccc(C=Cc3ccc4cc(-c5ccc6c(c5)c5ccccc5n6-c5ccc6c(c5)C(C)(C)c5ccccc5-6)ccc4c3)cc21. The minimum atomic E-state index is -0.150. The Bertz CT molecular complexity index is 5690. The minimum absolute atomic E-state index is 0.0677. The van der Waals surface area contributed by atoms with E-state index >= 15 is 0 Å². The molecule has 0 aliphatic heterocycles. The van der Waals surface area contributed by atoms with E-state index in [1.807, 2.05) is 0 Å². The van der Waals surface area contributed by atoms with E-state index in [2.05, 4.69) is 354 Å². The van der Waals surface area contributed by atoms with Crippen molar-refractivity contribution in [3.8, 4) is 67.0 Å². The summed E-state index contributed by atoms with van der Waals surface area (Å²) >= 11 is 0. The van der Waals surface area contributed by atoms with Gasteiger partial charge < -0.3 is 9.13 Å². The first-order valence-electron chi connectivity index (χ1n) is 33.6. The molecule has 0 bridgehead atoms. The number of hydrogen-bond acceptors (Lipinski definition) is 0. The van der Waals surface area contributed by atoms with Gasteiger partial charge in [0.05, 0.1) is 22.1 Å². The molecule has 0 N–H and O–H groups in total. The predicted octanol–water partition coefficient (Wildman–Crippen LogP) is 24.8. The monoisotopic (exact) mass is 1210 g/mol. The average Bonchev–Trinajstić information content (AvgIpc) is 1.58. The van der Waals surface area contributed by atoms with Crippen LogP contribution in [0.5, 0.6) is 0 Å². The van der Waals surface area contributed by atoms with Gasteiger partial charge in [0.25, 0.3) is 0 Å². The summed E-state index contributed by atoms with van der Waals surface area (Å²) in [4.78, 5) is 0. The molecular formula is C93H68N2. The van der Waals surface area contributed by atoms with Gasteiger partial charge in [0, 0.05) is 49.2 Å². The molecule has 14 aromatic carbocycles. The molecule has 2 nitrogen and oxygen atoms in total. The van der Waals surface area contributed by atoms with Gasteiger partial charge in [-0.15, -0.1) is 0 Å². The summed E-state index contributed by atoms with van der Waals surface area (Å²) in [6.07, 6.45) is 9.08. The zero-order chi connectivity index (χ0) is 63.6. The third kappa shape index (κ3) is 8.43. The molecule has 0 fully saturated rings. The van der Waals surface area contributed by atoms with E-state index in [4.69, 9.17) is 0 Å². The van der Waals surface area contributed by atoms with Crippen molar-refractivity contribution < 1.29 is 0 Å². The largest absolute Gasteiger partial charge is 0.309 e. The zero-order valence-electron chi connectivity index (χ0n) is 54.3. The van der Waals surface area contributed by atoms with Crippen LogP contribution >= 0.6 is 0 Å². The topological polar surface area (TPSA) is 9.86 Å². The van der Waals surface area contributed by atoms with Crippen molar-refractivity contribution in [1.82, 2.24) is 9.13 Å². The lowest BCUT2D eigenvalue weighted by Crippen LogP contribution is -2.15. The molecule has 16 aromatic rings. The molecule has 0 spiro atoms. The molecule has 2 heterocycles. The Morgan fingerprint density at radius 2 is 0.526 bits per heavy atom. The summed E-state index contributed by atoms with van der Waals surface area (Å²) in [5, 5.41) is 9.99. The van der Waals surface area contributed by atoms with E-state index in [0.29, 0.717) is 0 Å². The van der Waals surface area contributed by atoms with Crippen molar-refractivity contribution >= 4 is 89.5 Å². The van der Waals surface area contributed by atoms with Crippen LogP contribution in [0.15, 0.2) is 279 Å². The van der Waals surface area contributed by atoms with Gasteiger partial charge in [0.1, 0.15) is 0 Å². The Balaban J connectivity index is 0.546. The van der Waals surface area contributed by atoms with Crippen LogP contribution in [0.1, 0.15) is 97.2 Å². The summed E-state index contributed by atoms with van der Waals surface area (Å²) in [7, 11) is 0. The first kappa shape index (κ1) is 55.3. The lowest BCUT2D eigenvalue weighted by Gasteiger charge is -2.22. The van der Waals surface area contributed by atoms with Crippen LogP contribution in [-0.2, 0) is 16.2 Å². The molecule has 3 aliphatic rings. The summed E-state index contributed by atoms with van der Waals surface area (Å²) in [6, 6.07) is 105. The Morgan fingerprint density at radius 3 is 0.979 bits per heavy atom. The van der Waals surface area contributed by atoms with Gasteiger partial charge in [0.2, 0.25) is 0 Å². The van der Waals surface area contributed by atoms with Gasteiger partial charge in [-0.2, -0.15) is 0 Å². The second-order valence-corrected chi connectivity index (χ2v) is 28.5. The summed E-state index contributed by atoms with van der Waals surface area (Å²) < 4.78 is 4.91. The second kappa shape index (κ2) is 20.3. The fourth-order valence-corrected chi connectivity index (χ4v) is 17.0. The Morgan fingerprint density at radius 1 is 0.221 bits per heavy atom. The van der Waals surface area contributed by atoms with Crippen molar-refractivity contribution in [2.45, 2.75) is 57.8 Å². The fraction of sp³-hybridized carbons (Fsp3) is 0.0968. The van der Waals surface area contributed by atoms with Crippen LogP contribution in [0, 0.1) is 0 Å². The lowest BCUT2D eigenvalue weighted by atomic mass is 9.81. The maximum absolute atomic E-state index is 2.46. The summed E-state index contributed by atoms with van der Waals surface area (Å²) in [5.74, 6) is 0. The third-order valence-electron chi connectivity index (χ3n) is 22.1. The normalized spacial score (nSPS) is 14.6. The summed E-state index contributed by atoms with van der Waals surface area (Å²) in [5.41, 5.74) is 33.0. The number of para-hydroxylation sites is 2. The molecule has 2 aromatic heterocycles. The first-order chi connectivity index (χ1) is 46.3. The maximum atomic E-state index is 2.46. The second-order valence-electron chi connectivity index (χ2n) is 28.5. The molecule has 0 saturated heterocycles. The van der Waals surface area contributed by atoms with Crippen molar-refractivity contribution in [3.05, 3.63) is 335 Å². The van der Waals surface area contributed by atoms with Crippen LogP contribution in [0.25, 0.3) is 156 Å². The standard InChI is InChI=1S/C93H68N2/c1-91(2)81-19-11-7-15-71(81)75-43-39-69(55-85(75)91)94-87-21-13-9-17-77(87)79-53-67(37-45-89(79)94)65-35-33-61-47-57(27-31-63(61)51-65)23-25-59-29-41-73-74-42-30-60(50-84(74)93(5,6)83(73)49-59)26-24-58-28-32-64-52-66(36-34-62(64)48-58)68-38-46-90-80(54-68)78-18-10-14-22-88(78)95(90)70-40-44-76-72-16-8-12-20-82(72)92(3,4)86(76)56-70/h7-56H,1-6H3. The molecule has 450 valence electrons. The lowest BCUT2D eigenvalue weighted by molar-refractivity contribution is 0.660. The molecule has 0 unspecified atom stereocenters. The van der Waals surface area contributed by atoms with Crippen molar-refractivity contribution in [2.24, 2.45) is 0 Å². The average molecular weight is 1210 g/mol. The first-order valence-corrected chi connectivity index (χ1v) is 33.6. The van der Waals surface area contributed by atoms with Crippen molar-refractivity contribution in [1.29, 1.82) is 0 Å². The van der Waals surface area contributed by atoms with Gasteiger partial charge in [-0.05, 0) is 218 Å². The van der Waals surface area contributed by atoms with E-state index < -0.39 is 0 Å². The molecule has 0 radical (unpaired) electrons. The number of nitrogens with zero attached hydrogens (tertiary/aromatic N) is 2. The van der Waals surface area contributed by atoms with Crippen LogP contribution in [0.4, 0.5) is 0 Å². The highest BCUT2D eigenvalue weighted by Crippen LogP contribution is 2.53. The van der Waals surface area contributed by atoms with Gasteiger partial charge in [-0.3, -0.25) is 0 Å². The quantitative estimate of drug-likeness (QED) is 0.134. The smallest absolute Gasteiger partial charge is 0.0541 e. The third-order valence-corrected chi connectivity index (χ3v) is 22.1. The Hall–Kier alpha value is -11.3. The summed E-state index contributed by atoms with van der Waals surface area (Å²) in [6.45, 7) is 14.2. The molecule has 3 aliphatic carbocycles. The molecule has 0 amide bonds. The van der Waals surface area contributed by atoms with Crippen molar-refractivity contribution in [3.63, 3.8) is 0 Å². The fourth-order valence-electron chi connectivity index (χ4n) is 17.0. The molecular weight excluding hydrogens is 1150 g/mol. The molecule has 2 heteroatoms. The number of fused-ring (bicyclic) bond motifs is 17. The number of hydrogen-bond donors (Lipinski definition) is 0. The van der Waals surface area contributed by atoms with Crippen LogP contribution < -0.4 is 0 Å². The van der Waals surface area contributed by atoms with Gasteiger partial charge in [0.15, 0.2) is 0 Å². The number of benzene rings is 14. The van der Waals surface area contributed by atoms with Gasteiger partial charge in [-0.25, -0.2) is 0 Å². The van der Waals surface area contributed by atoms with Crippen LogP contribution in [0.3, 0.4) is 0 Å². The zero-order valence-corrected chi connectivity index (χ0v) is 54.3. The predicted molar refractivity (Wildman–Crippen MR) is 404 cm³/mol. The van der Waals surface area contributed by atoms with E-state index in [-0.39, 0.29) is 16.2 Å². The van der Waals surface area contributed by atoms with E-state index in [1.54, 1.807) is 0 Å². The van der Waals surface area contributed by atoms with Crippen LogP contribution in [-0.4, -0.2) is 9.13 Å². The molecule has 0 atom stereocenters. The van der Waals surface area contributed by atoms with Gasteiger partial charge >= 0.3 is 0 Å². The highest BCUT2D eigenvalue weighted by molar-refractivity contribution is 6.12. The molecule has 0 saturated carbocycles. The number of rotatable bonds is 8. The number of aromatic nitrogens is 2. The maximum Gasteiger partial charge on any atom is 0.0541 e. The Kier molecular flexibility index (Phi) is 11.8. The highest BCUT2D eigenvalue weighted by atomic mass is 15.0. The van der Waals surface area contributed by atoms with Crippen molar-refractivity contribution in [2.75, 3.05) is 0 Å². The van der Waals surface area contributed by atoms with E-state index in [0.717, 1.165) is 0 Å². The van der Waals surface area contributed by atoms with E-state index in [9.17, 15) is 0 Å². The van der Waals surface area contributed by atoms with E-state index in [1.165, 1.54) is 188 Å². The molecule has 19 rings (SSSR count). The van der Waals surface area contributed by atoms with Gasteiger partial charge in [-0.1, -0.05) is 260 Å². The molecule has 95 heavy (non-hydrogen) atoms. The Labute approximate surface area is 554 Å². The minimum Gasteiger partial charge on any atom is -0.309 e. The highest BCUT2D eigenvalue weighted by Gasteiger charge is 2.38.